The van der Waals surface area contributed by atoms with E-state index in [1.54, 1.807) is 12.1 Å². The Labute approximate surface area is 180 Å². The van der Waals surface area contributed by atoms with Crippen molar-refractivity contribution in [2.24, 2.45) is 0 Å². The van der Waals surface area contributed by atoms with Crippen LogP contribution in [0.3, 0.4) is 0 Å². The van der Waals surface area contributed by atoms with Crippen molar-refractivity contribution in [1.82, 2.24) is 5.16 Å². The molecule has 1 heterocycles. The first-order valence-electron chi connectivity index (χ1n) is 9.69. The number of Topliss-reactive ketones (excluding diaryl/α,β-unsaturated/α-hetero) is 1. The summed E-state index contributed by atoms with van der Waals surface area (Å²) in [6, 6.07) is 11.1. The molecule has 1 aromatic heterocycles. The van der Waals surface area contributed by atoms with Crippen molar-refractivity contribution < 1.29 is 18.8 Å². The van der Waals surface area contributed by atoms with Gasteiger partial charge in [0.2, 0.25) is 5.78 Å². The van der Waals surface area contributed by atoms with Crippen molar-refractivity contribution in [1.29, 1.82) is 0 Å². The Balaban J connectivity index is 1.69. The van der Waals surface area contributed by atoms with Crippen LogP contribution >= 0.6 is 11.8 Å². The predicted octanol–water partition coefficient (Wildman–Crippen LogP) is 5.55. The average Bonchev–Trinajstić information content (AvgIpc) is 3.04. The van der Waals surface area contributed by atoms with Gasteiger partial charge in [-0.2, -0.15) is 0 Å². The van der Waals surface area contributed by atoms with Gasteiger partial charge in [-0.05, 0) is 69.5 Å². The summed E-state index contributed by atoms with van der Waals surface area (Å²) in [6.45, 7) is 9.34. The normalized spacial score (nSPS) is 10.8. The molecule has 0 aliphatic heterocycles. The van der Waals surface area contributed by atoms with Crippen molar-refractivity contribution in [2.45, 2.75) is 45.3 Å². The number of rotatable bonds is 7. The Morgan fingerprint density at radius 3 is 2.37 bits per heavy atom. The average molecular weight is 424 g/mol. The Bertz CT molecular complexity index is 1080. The van der Waals surface area contributed by atoms with Crippen molar-refractivity contribution in [3.05, 3.63) is 81.2 Å². The number of aryl methyl sites for hydroxylation is 5. The fourth-order valence-corrected chi connectivity index (χ4v) is 4.36. The van der Waals surface area contributed by atoms with Crippen molar-refractivity contribution in [2.75, 3.05) is 6.61 Å². The highest BCUT2D eigenvalue weighted by molar-refractivity contribution is 7.98. The third kappa shape index (κ3) is 4.82. The zero-order valence-electron chi connectivity index (χ0n) is 17.9. The highest BCUT2D eigenvalue weighted by atomic mass is 32.2. The predicted molar refractivity (Wildman–Crippen MR) is 117 cm³/mol. The number of hydrogen-bond donors (Lipinski definition) is 0. The maximum absolute atomic E-state index is 12.7. The molecule has 0 unspecified atom stereocenters. The molecular weight excluding hydrogens is 398 g/mol. The minimum Gasteiger partial charge on any atom is -0.454 e. The number of carbonyl (C=O) groups is 2. The zero-order chi connectivity index (χ0) is 21.8. The number of thioether (sulfide) groups is 1. The van der Waals surface area contributed by atoms with Gasteiger partial charge >= 0.3 is 5.97 Å². The number of carbonyl (C=O) groups excluding carboxylic acids is 2. The number of benzene rings is 2. The van der Waals surface area contributed by atoms with E-state index in [1.807, 2.05) is 58.9 Å². The van der Waals surface area contributed by atoms with E-state index in [0.717, 1.165) is 38.6 Å². The van der Waals surface area contributed by atoms with Gasteiger partial charge in [-0.3, -0.25) is 4.79 Å². The summed E-state index contributed by atoms with van der Waals surface area (Å²) in [5, 5.41) is 3.96. The van der Waals surface area contributed by atoms with Gasteiger partial charge in [-0.15, -0.1) is 11.8 Å². The van der Waals surface area contributed by atoms with E-state index in [1.165, 1.54) is 11.8 Å². The molecule has 2 aromatic carbocycles. The molecule has 0 radical (unpaired) electrons. The van der Waals surface area contributed by atoms with Crippen LogP contribution < -0.4 is 0 Å². The summed E-state index contributed by atoms with van der Waals surface area (Å²) < 4.78 is 10.6. The molecule has 0 atom stereocenters. The summed E-state index contributed by atoms with van der Waals surface area (Å²) >= 11 is 1.51. The van der Waals surface area contributed by atoms with E-state index in [-0.39, 0.29) is 12.4 Å². The monoisotopic (exact) mass is 423 g/mol. The van der Waals surface area contributed by atoms with E-state index in [4.69, 9.17) is 9.26 Å². The molecule has 5 nitrogen and oxygen atoms in total. The van der Waals surface area contributed by atoms with Crippen LogP contribution in [-0.4, -0.2) is 23.5 Å². The fourth-order valence-electron chi connectivity index (χ4n) is 3.17. The first-order chi connectivity index (χ1) is 14.3. The van der Waals surface area contributed by atoms with Crippen molar-refractivity contribution >= 4 is 23.5 Å². The van der Waals surface area contributed by atoms with E-state index in [9.17, 15) is 9.59 Å². The smallest absolute Gasteiger partial charge is 0.339 e. The van der Waals surface area contributed by atoms with Crippen LogP contribution in [0.5, 0.6) is 0 Å². The summed E-state index contributed by atoms with van der Waals surface area (Å²) in [7, 11) is 0. The molecule has 0 amide bonds. The van der Waals surface area contributed by atoms with Crippen LogP contribution in [-0.2, 0) is 10.5 Å². The molecule has 0 N–H and O–H groups in total. The highest BCUT2D eigenvalue weighted by Crippen LogP contribution is 2.29. The largest absolute Gasteiger partial charge is 0.454 e. The van der Waals surface area contributed by atoms with Gasteiger partial charge < -0.3 is 9.26 Å². The number of aromatic nitrogens is 1. The maximum atomic E-state index is 12.7. The van der Waals surface area contributed by atoms with Crippen LogP contribution in [0.15, 0.2) is 45.8 Å². The molecule has 0 saturated carbocycles. The van der Waals surface area contributed by atoms with Gasteiger partial charge in [-0.25, -0.2) is 4.79 Å². The Hall–Kier alpha value is -2.86. The second-order valence-electron chi connectivity index (χ2n) is 7.34. The quantitative estimate of drug-likeness (QED) is 0.282. The molecule has 30 heavy (non-hydrogen) atoms. The lowest BCUT2D eigenvalue weighted by atomic mass is 9.98. The second kappa shape index (κ2) is 9.30. The summed E-state index contributed by atoms with van der Waals surface area (Å²) in [5.41, 5.74) is 5.94. The number of ether oxygens (including phenoxy) is 1. The van der Waals surface area contributed by atoms with Crippen molar-refractivity contribution in [3.63, 3.8) is 0 Å². The van der Waals surface area contributed by atoms with Crippen LogP contribution in [0.25, 0.3) is 0 Å². The summed E-state index contributed by atoms with van der Waals surface area (Å²) in [6.07, 6.45) is 0. The SMILES string of the molecule is Cc1cc(C)c(C(=O)COC(=O)c2ccccc2SCc2c(C)noc2C)cc1C. The lowest BCUT2D eigenvalue weighted by Gasteiger charge is -2.11. The summed E-state index contributed by atoms with van der Waals surface area (Å²) in [4.78, 5) is 26.1. The number of ketones is 1. The van der Waals surface area contributed by atoms with Gasteiger partial charge in [0, 0.05) is 21.8 Å². The van der Waals surface area contributed by atoms with E-state index < -0.39 is 5.97 Å². The van der Waals surface area contributed by atoms with Crippen LogP contribution in [0.4, 0.5) is 0 Å². The molecule has 6 heteroatoms. The van der Waals surface area contributed by atoms with Gasteiger partial charge in [-0.1, -0.05) is 23.4 Å². The first-order valence-corrected chi connectivity index (χ1v) is 10.7. The minimum absolute atomic E-state index is 0.204. The highest BCUT2D eigenvalue weighted by Gasteiger charge is 2.18. The van der Waals surface area contributed by atoms with Crippen LogP contribution in [0, 0.1) is 34.6 Å². The number of esters is 1. The molecule has 3 aromatic rings. The Morgan fingerprint density at radius 2 is 1.67 bits per heavy atom. The molecule has 0 bridgehead atoms. The van der Waals surface area contributed by atoms with Crippen LogP contribution in [0.1, 0.15) is 54.4 Å². The standard InChI is InChI=1S/C24H25NO4S/c1-14-10-16(3)20(11-15(14)2)22(26)12-28-24(27)19-8-6-7-9-23(19)30-13-21-17(4)25-29-18(21)5/h6-11H,12-13H2,1-5H3. The van der Waals surface area contributed by atoms with Gasteiger partial charge in [0.1, 0.15) is 5.76 Å². The molecule has 0 saturated heterocycles. The third-order valence-electron chi connectivity index (χ3n) is 5.14. The van der Waals surface area contributed by atoms with Gasteiger partial charge in [0.05, 0.1) is 11.3 Å². The Kier molecular flexibility index (Phi) is 6.77. The third-order valence-corrected chi connectivity index (χ3v) is 6.24. The fraction of sp³-hybridized carbons (Fsp3) is 0.292. The number of nitrogens with zero attached hydrogens (tertiary/aromatic N) is 1. The minimum atomic E-state index is -0.508. The topological polar surface area (TPSA) is 69.4 Å². The Morgan fingerprint density at radius 1 is 0.967 bits per heavy atom. The molecular formula is C24H25NO4S. The number of hydrogen-bond acceptors (Lipinski definition) is 6. The van der Waals surface area contributed by atoms with E-state index in [0.29, 0.717) is 16.9 Å². The molecule has 3 rings (SSSR count). The molecule has 0 aliphatic rings. The van der Waals surface area contributed by atoms with Gasteiger partial charge in [0.25, 0.3) is 0 Å². The van der Waals surface area contributed by atoms with Gasteiger partial charge in [0.15, 0.2) is 6.61 Å². The first kappa shape index (κ1) is 21.8. The molecule has 0 spiro atoms. The molecule has 0 aliphatic carbocycles. The van der Waals surface area contributed by atoms with E-state index >= 15 is 0 Å². The van der Waals surface area contributed by atoms with E-state index in [2.05, 4.69) is 5.16 Å². The zero-order valence-corrected chi connectivity index (χ0v) is 18.7. The second-order valence-corrected chi connectivity index (χ2v) is 8.36. The molecule has 156 valence electrons. The molecule has 0 fully saturated rings. The van der Waals surface area contributed by atoms with Crippen molar-refractivity contribution in [3.8, 4) is 0 Å². The lowest BCUT2D eigenvalue weighted by molar-refractivity contribution is 0.0471. The summed E-state index contributed by atoms with van der Waals surface area (Å²) in [5.74, 6) is 0.692. The lowest BCUT2D eigenvalue weighted by Crippen LogP contribution is -2.16. The van der Waals surface area contributed by atoms with Crippen LogP contribution in [0.2, 0.25) is 0 Å². The maximum Gasteiger partial charge on any atom is 0.339 e.